The first-order chi connectivity index (χ1) is 8.79. The molecule has 1 aliphatic heterocycles. The summed E-state index contributed by atoms with van der Waals surface area (Å²) in [6.07, 6.45) is 7.30. The van der Waals surface area contributed by atoms with Gasteiger partial charge >= 0.3 is 0 Å². The predicted octanol–water partition coefficient (Wildman–Crippen LogP) is 2.40. The summed E-state index contributed by atoms with van der Waals surface area (Å²) in [7, 11) is 0. The number of rotatable bonds is 2. The van der Waals surface area contributed by atoms with E-state index in [1.807, 2.05) is 10.6 Å². The summed E-state index contributed by atoms with van der Waals surface area (Å²) in [5.74, 6) is 1.64. The summed E-state index contributed by atoms with van der Waals surface area (Å²) in [5, 5.41) is 8.79. The van der Waals surface area contributed by atoms with E-state index < -0.39 is 0 Å². The lowest BCUT2D eigenvalue weighted by Gasteiger charge is -2.32. The zero-order valence-electron chi connectivity index (χ0n) is 10.4. The summed E-state index contributed by atoms with van der Waals surface area (Å²) in [4.78, 5) is 6.32. The fourth-order valence-electron chi connectivity index (χ4n) is 2.58. The van der Waals surface area contributed by atoms with E-state index in [1.165, 1.54) is 19.3 Å². The number of anilines is 1. The third kappa shape index (κ3) is 1.92. The van der Waals surface area contributed by atoms with Crippen molar-refractivity contribution in [2.45, 2.75) is 26.2 Å². The summed E-state index contributed by atoms with van der Waals surface area (Å²) < 4.78 is 1.92. The van der Waals surface area contributed by atoms with E-state index in [4.69, 9.17) is 11.6 Å². The highest BCUT2D eigenvalue weighted by Crippen LogP contribution is 2.25. The van der Waals surface area contributed by atoms with Crippen molar-refractivity contribution in [1.29, 1.82) is 0 Å². The van der Waals surface area contributed by atoms with E-state index in [0.29, 0.717) is 10.8 Å². The lowest BCUT2D eigenvalue weighted by molar-refractivity contribution is 0.400. The first-order valence-corrected chi connectivity index (χ1v) is 6.77. The van der Waals surface area contributed by atoms with Crippen LogP contribution < -0.4 is 4.90 Å². The van der Waals surface area contributed by atoms with Gasteiger partial charge in [0.25, 0.3) is 0 Å². The highest BCUT2D eigenvalue weighted by atomic mass is 35.5. The average Bonchev–Trinajstić information content (AvgIpc) is 2.84. The van der Waals surface area contributed by atoms with Crippen molar-refractivity contribution in [2.75, 3.05) is 18.0 Å². The molecule has 1 saturated heterocycles. The molecule has 0 saturated carbocycles. The Hall–Kier alpha value is -1.36. The summed E-state index contributed by atoms with van der Waals surface area (Å²) in [6.45, 7) is 4.34. The van der Waals surface area contributed by atoms with Gasteiger partial charge in [0.2, 0.25) is 5.95 Å². The molecule has 1 unspecified atom stereocenters. The number of aromatic nitrogens is 4. The monoisotopic (exact) mass is 265 g/mol. The van der Waals surface area contributed by atoms with E-state index in [-0.39, 0.29) is 0 Å². The number of hydrogen-bond donors (Lipinski definition) is 0. The molecule has 0 bridgehead atoms. The second-order valence-electron chi connectivity index (χ2n) is 4.77. The Kier molecular flexibility index (Phi) is 3.07. The van der Waals surface area contributed by atoms with Crippen LogP contribution in [0.15, 0.2) is 12.4 Å². The first-order valence-electron chi connectivity index (χ1n) is 6.39. The molecule has 2 aromatic rings. The second kappa shape index (κ2) is 4.72. The van der Waals surface area contributed by atoms with Crippen LogP contribution in [0.1, 0.15) is 26.2 Å². The van der Waals surface area contributed by atoms with Gasteiger partial charge in [0, 0.05) is 25.5 Å². The fourth-order valence-corrected chi connectivity index (χ4v) is 2.77. The van der Waals surface area contributed by atoms with Gasteiger partial charge in [-0.3, -0.25) is 4.40 Å². The third-order valence-electron chi connectivity index (χ3n) is 3.65. The van der Waals surface area contributed by atoms with Crippen LogP contribution in [0, 0.1) is 5.92 Å². The molecule has 0 N–H and O–H groups in total. The highest BCUT2D eigenvalue weighted by molar-refractivity contribution is 6.32. The molecule has 1 atom stereocenters. The van der Waals surface area contributed by atoms with Crippen molar-refractivity contribution >= 4 is 23.2 Å². The Morgan fingerprint density at radius 3 is 3.17 bits per heavy atom. The molecule has 3 heterocycles. The fraction of sp³-hybridized carbons (Fsp3) is 0.583. The largest absolute Gasteiger partial charge is 0.340 e. The molecule has 1 aliphatic rings. The van der Waals surface area contributed by atoms with E-state index in [1.54, 1.807) is 6.20 Å². The molecule has 3 rings (SSSR count). The zero-order chi connectivity index (χ0) is 12.5. The van der Waals surface area contributed by atoms with Crippen LogP contribution in [-0.2, 0) is 0 Å². The van der Waals surface area contributed by atoms with Gasteiger partial charge in [-0.15, -0.1) is 10.2 Å². The van der Waals surface area contributed by atoms with Crippen LogP contribution in [0.25, 0.3) is 5.65 Å². The van der Waals surface area contributed by atoms with E-state index in [9.17, 15) is 0 Å². The Bertz CT molecular complexity index is 552. The minimum Gasteiger partial charge on any atom is -0.340 e. The lowest BCUT2D eigenvalue weighted by atomic mass is 9.96. The van der Waals surface area contributed by atoms with Crippen molar-refractivity contribution in [3.63, 3.8) is 0 Å². The quantitative estimate of drug-likeness (QED) is 0.837. The molecule has 2 aromatic heterocycles. The molecular weight excluding hydrogens is 250 g/mol. The van der Waals surface area contributed by atoms with Crippen LogP contribution >= 0.6 is 11.6 Å². The standard InChI is InChI=1S/C12H16ClN5/c1-2-9-4-3-6-17(8-9)12-16-15-11-10(13)14-5-7-18(11)12/h5,7,9H,2-4,6,8H2,1H3. The van der Waals surface area contributed by atoms with Gasteiger partial charge in [0.1, 0.15) is 0 Å². The number of nitrogens with zero attached hydrogens (tertiary/aromatic N) is 5. The van der Waals surface area contributed by atoms with Gasteiger partial charge in [-0.2, -0.15) is 0 Å². The Balaban J connectivity index is 1.96. The summed E-state index contributed by atoms with van der Waals surface area (Å²) >= 11 is 6.01. The Labute approximate surface area is 111 Å². The normalized spacial score (nSPS) is 20.6. The zero-order valence-corrected chi connectivity index (χ0v) is 11.1. The molecule has 18 heavy (non-hydrogen) atoms. The summed E-state index contributed by atoms with van der Waals surface area (Å²) in [6, 6.07) is 0. The maximum absolute atomic E-state index is 6.01. The number of halogens is 1. The number of fused-ring (bicyclic) bond motifs is 1. The maximum atomic E-state index is 6.01. The van der Waals surface area contributed by atoms with Crippen LogP contribution in [0.4, 0.5) is 5.95 Å². The highest BCUT2D eigenvalue weighted by Gasteiger charge is 2.22. The van der Waals surface area contributed by atoms with Crippen molar-refractivity contribution < 1.29 is 0 Å². The van der Waals surface area contributed by atoms with Gasteiger partial charge < -0.3 is 4.90 Å². The van der Waals surface area contributed by atoms with Crippen molar-refractivity contribution in [3.8, 4) is 0 Å². The second-order valence-corrected chi connectivity index (χ2v) is 5.13. The van der Waals surface area contributed by atoms with Gasteiger partial charge in [0.05, 0.1) is 0 Å². The number of piperidine rings is 1. The van der Waals surface area contributed by atoms with Crippen LogP contribution in [0.3, 0.4) is 0 Å². The molecule has 1 fully saturated rings. The van der Waals surface area contributed by atoms with Crippen LogP contribution in [0.5, 0.6) is 0 Å². The minimum absolute atomic E-state index is 0.403. The molecule has 0 spiro atoms. The minimum atomic E-state index is 0.403. The van der Waals surface area contributed by atoms with Crippen molar-refractivity contribution in [3.05, 3.63) is 17.5 Å². The van der Waals surface area contributed by atoms with Crippen LogP contribution in [0.2, 0.25) is 5.15 Å². The molecule has 96 valence electrons. The average molecular weight is 266 g/mol. The third-order valence-corrected chi connectivity index (χ3v) is 3.91. The Morgan fingerprint density at radius 1 is 1.44 bits per heavy atom. The molecular formula is C12H16ClN5. The predicted molar refractivity (Wildman–Crippen MR) is 71.0 cm³/mol. The molecule has 0 amide bonds. The van der Waals surface area contributed by atoms with Gasteiger partial charge in [-0.1, -0.05) is 24.9 Å². The molecule has 0 radical (unpaired) electrons. The Morgan fingerprint density at radius 2 is 2.33 bits per heavy atom. The van der Waals surface area contributed by atoms with E-state index in [2.05, 4.69) is 27.0 Å². The topological polar surface area (TPSA) is 46.3 Å². The molecule has 6 heteroatoms. The van der Waals surface area contributed by atoms with Crippen molar-refractivity contribution in [2.24, 2.45) is 5.92 Å². The van der Waals surface area contributed by atoms with Crippen LogP contribution in [-0.4, -0.2) is 32.7 Å². The van der Waals surface area contributed by atoms with E-state index >= 15 is 0 Å². The van der Waals surface area contributed by atoms with Gasteiger partial charge in [0.15, 0.2) is 10.8 Å². The molecule has 5 nitrogen and oxygen atoms in total. The molecule has 0 aliphatic carbocycles. The smallest absolute Gasteiger partial charge is 0.231 e. The molecule has 0 aromatic carbocycles. The number of hydrogen-bond acceptors (Lipinski definition) is 4. The van der Waals surface area contributed by atoms with Gasteiger partial charge in [-0.25, -0.2) is 4.98 Å². The van der Waals surface area contributed by atoms with Gasteiger partial charge in [-0.05, 0) is 18.8 Å². The summed E-state index contributed by atoms with van der Waals surface area (Å²) in [5.41, 5.74) is 0.632. The first kappa shape index (κ1) is 11.7. The SMILES string of the molecule is CCC1CCCN(c2nnc3c(Cl)nccn23)C1. The lowest BCUT2D eigenvalue weighted by Crippen LogP contribution is -2.36. The van der Waals surface area contributed by atoms with Crippen molar-refractivity contribution in [1.82, 2.24) is 19.6 Å². The maximum Gasteiger partial charge on any atom is 0.231 e. The van der Waals surface area contributed by atoms with E-state index in [0.717, 1.165) is 25.0 Å².